The molecule has 1 aromatic heterocycles. The van der Waals surface area contributed by atoms with Crippen molar-refractivity contribution >= 4 is 5.78 Å². The van der Waals surface area contributed by atoms with Gasteiger partial charge < -0.3 is 0 Å². The van der Waals surface area contributed by atoms with Crippen LogP contribution in [-0.2, 0) is 0 Å². The summed E-state index contributed by atoms with van der Waals surface area (Å²) in [5.41, 5.74) is -0.0691. The molecule has 0 amide bonds. The smallest absolute Gasteiger partial charge is 0.211 e. The molecule has 0 fully saturated rings. The normalized spacial score (nSPS) is 10.3. The molecule has 0 bridgehead atoms. The van der Waals surface area contributed by atoms with Crippen LogP contribution in [0.25, 0.3) is 0 Å². The predicted octanol–water partition coefficient (Wildman–Crippen LogP) is 2.73. The van der Waals surface area contributed by atoms with Crippen molar-refractivity contribution in [3.8, 4) is 0 Å². The number of pyridine rings is 1. The molecule has 0 aliphatic heterocycles. The van der Waals surface area contributed by atoms with Crippen LogP contribution < -0.4 is 0 Å². The van der Waals surface area contributed by atoms with Gasteiger partial charge in [0.05, 0.1) is 6.20 Å². The number of benzene rings is 1. The van der Waals surface area contributed by atoms with Gasteiger partial charge in [-0.2, -0.15) is 0 Å². The standard InChI is InChI=1S/C12H6F3NO/c13-8-2-4-11(16-6-8)12(17)7-1-3-9(14)10(15)5-7/h1-6H. The van der Waals surface area contributed by atoms with E-state index in [2.05, 4.69) is 4.98 Å². The van der Waals surface area contributed by atoms with Crippen LogP contribution in [0.15, 0.2) is 36.5 Å². The molecule has 86 valence electrons. The second-order valence-electron chi connectivity index (χ2n) is 3.32. The van der Waals surface area contributed by atoms with E-state index in [1.54, 1.807) is 0 Å². The van der Waals surface area contributed by atoms with Crippen LogP contribution in [0.1, 0.15) is 16.1 Å². The number of carbonyl (C=O) groups is 1. The first-order chi connectivity index (χ1) is 8.08. The third-order valence-corrected chi connectivity index (χ3v) is 2.14. The first-order valence-electron chi connectivity index (χ1n) is 4.69. The molecule has 5 heteroatoms. The number of carbonyl (C=O) groups excluding carboxylic acids is 1. The lowest BCUT2D eigenvalue weighted by Gasteiger charge is -2.01. The van der Waals surface area contributed by atoms with Crippen molar-refractivity contribution < 1.29 is 18.0 Å². The van der Waals surface area contributed by atoms with E-state index < -0.39 is 23.2 Å². The third-order valence-electron chi connectivity index (χ3n) is 2.14. The van der Waals surface area contributed by atoms with Crippen molar-refractivity contribution in [2.24, 2.45) is 0 Å². The predicted molar refractivity (Wildman–Crippen MR) is 54.0 cm³/mol. The van der Waals surface area contributed by atoms with Crippen molar-refractivity contribution in [3.63, 3.8) is 0 Å². The van der Waals surface area contributed by atoms with Crippen molar-refractivity contribution in [2.45, 2.75) is 0 Å². The zero-order chi connectivity index (χ0) is 12.4. The van der Waals surface area contributed by atoms with Gasteiger partial charge >= 0.3 is 0 Å². The second kappa shape index (κ2) is 4.37. The minimum atomic E-state index is -1.11. The molecule has 0 N–H and O–H groups in total. The summed E-state index contributed by atoms with van der Waals surface area (Å²) in [6.07, 6.45) is 0.882. The van der Waals surface area contributed by atoms with E-state index in [0.717, 1.165) is 30.5 Å². The highest BCUT2D eigenvalue weighted by atomic mass is 19.2. The van der Waals surface area contributed by atoms with Gasteiger partial charge in [0.2, 0.25) is 5.78 Å². The van der Waals surface area contributed by atoms with Gasteiger partial charge in [-0.3, -0.25) is 4.79 Å². The highest BCUT2D eigenvalue weighted by Crippen LogP contribution is 2.12. The SMILES string of the molecule is O=C(c1ccc(F)c(F)c1)c1ccc(F)cn1. The van der Waals surface area contributed by atoms with E-state index in [4.69, 9.17) is 0 Å². The van der Waals surface area contributed by atoms with Crippen LogP contribution in [0.2, 0.25) is 0 Å². The lowest BCUT2D eigenvalue weighted by molar-refractivity contribution is 0.103. The zero-order valence-corrected chi connectivity index (χ0v) is 8.45. The Bertz CT molecular complexity index is 566. The summed E-state index contributed by atoms with van der Waals surface area (Å²) in [4.78, 5) is 15.3. The maximum atomic E-state index is 12.9. The highest BCUT2D eigenvalue weighted by molar-refractivity contribution is 6.07. The van der Waals surface area contributed by atoms with Crippen molar-refractivity contribution in [1.82, 2.24) is 4.98 Å². The molecule has 1 heterocycles. The van der Waals surface area contributed by atoms with Crippen molar-refractivity contribution in [1.29, 1.82) is 0 Å². The molecule has 1 aromatic carbocycles. The molecular weight excluding hydrogens is 231 g/mol. The third kappa shape index (κ3) is 2.33. The lowest BCUT2D eigenvalue weighted by atomic mass is 10.1. The van der Waals surface area contributed by atoms with Gasteiger partial charge in [0.15, 0.2) is 11.6 Å². The summed E-state index contributed by atoms with van der Waals surface area (Å²) in [6.45, 7) is 0. The fourth-order valence-electron chi connectivity index (χ4n) is 1.30. The van der Waals surface area contributed by atoms with E-state index in [1.165, 1.54) is 6.07 Å². The molecule has 0 unspecified atom stereocenters. The van der Waals surface area contributed by atoms with E-state index in [9.17, 15) is 18.0 Å². The summed E-state index contributed by atoms with van der Waals surface area (Å²) in [5.74, 6) is -3.32. The van der Waals surface area contributed by atoms with Gasteiger partial charge in [0.1, 0.15) is 11.5 Å². The Morgan fingerprint density at radius 3 is 2.35 bits per heavy atom. The fourth-order valence-corrected chi connectivity index (χ4v) is 1.30. The first kappa shape index (κ1) is 11.3. The Labute approximate surface area is 94.7 Å². The van der Waals surface area contributed by atoms with Crippen LogP contribution in [0, 0.1) is 17.5 Å². The Kier molecular flexibility index (Phi) is 2.91. The summed E-state index contributed by atoms with van der Waals surface area (Å²) in [5, 5.41) is 0. The number of hydrogen-bond donors (Lipinski definition) is 0. The van der Waals surface area contributed by atoms with E-state index >= 15 is 0 Å². The number of nitrogens with zero attached hydrogens (tertiary/aromatic N) is 1. The average molecular weight is 237 g/mol. The second-order valence-corrected chi connectivity index (χ2v) is 3.32. The Hall–Kier alpha value is -2.17. The van der Waals surface area contributed by atoms with Crippen LogP contribution in [0.5, 0.6) is 0 Å². The molecule has 0 saturated heterocycles. The maximum Gasteiger partial charge on any atom is 0.211 e. The quantitative estimate of drug-likeness (QED) is 0.751. The monoisotopic (exact) mass is 237 g/mol. The average Bonchev–Trinajstić information content (AvgIpc) is 2.33. The fraction of sp³-hybridized carbons (Fsp3) is 0. The zero-order valence-electron chi connectivity index (χ0n) is 8.45. The molecule has 17 heavy (non-hydrogen) atoms. The first-order valence-corrected chi connectivity index (χ1v) is 4.69. The van der Waals surface area contributed by atoms with E-state index in [1.807, 2.05) is 0 Å². The lowest BCUT2D eigenvalue weighted by Crippen LogP contribution is -2.05. The Morgan fingerprint density at radius 2 is 1.76 bits per heavy atom. The van der Waals surface area contributed by atoms with Crippen molar-refractivity contribution in [3.05, 3.63) is 65.2 Å². The van der Waals surface area contributed by atoms with Gasteiger partial charge in [-0.25, -0.2) is 18.2 Å². The van der Waals surface area contributed by atoms with Gasteiger partial charge in [0, 0.05) is 5.56 Å². The molecule has 2 aromatic rings. The largest absolute Gasteiger partial charge is 0.287 e. The minimum Gasteiger partial charge on any atom is -0.287 e. The molecule has 0 spiro atoms. The van der Waals surface area contributed by atoms with Gasteiger partial charge in [-0.1, -0.05) is 0 Å². The summed E-state index contributed by atoms with van der Waals surface area (Å²) in [6, 6.07) is 5.03. The molecule has 0 radical (unpaired) electrons. The molecule has 0 saturated carbocycles. The molecule has 2 nitrogen and oxygen atoms in total. The number of aromatic nitrogens is 1. The van der Waals surface area contributed by atoms with Crippen LogP contribution in [-0.4, -0.2) is 10.8 Å². The molecule has 0 aliphatic carbocycles. The minimum absolute atomic E-state index is 0.0302. The summed E-state index contributed by atoms with van der Waals surface area (Å²) < 4.78 is 38.2. The summed E-state index contributed by atoms with van der Waals surface area (Å²) >= 11 is 0. The van der Waals surface area contributed by atoms with E-state index in [-0.39, 0.29) is 11.3 Å². The van der Waals surface area contributed by atoms with Crippen LogP contribution in [0.3, 0.4) is 0 Å². The van der Waals surface area contributed by atoms with Gasteiger partial charge in [0.25, 0.3) is 0 Å². The maximum absolute atomic E-state index is 12.9. The van der Waals surface area contributed by atoms with Gasteiger partial charge in [-0.05, 0) is 30.3 Å². The Balaban J connectivity index is 2.37. The van der Waals surface area contributed by atoms with Crippen LogP contribution >= 0.6 is 0 Å². The number of ketones is 1. The molecule has 2 rings (SSSR count). The van der Waals surface area contributed by atoms with E-state index in [0.29, 0.717) is 0 Å². The molecule has 0 aliphatic rings. The molecule has 0 atom stereocenters. The number of rotatable bonds is 2. The number of halogens is 3. The number of hydrogen-bond acceptors (Lipinski definition) is 2. The highest BCUT2D eigenvalue weighted by Gasteiger charge is 2.13. The van der Waals surface area contributed by atoms with Crippen molar-refractivity contribution in [2.75, 3.05) is 0 Å². The Morgan fingerprint density at radius 1 is 1.00 bits per heavy atom. The topological polar surface area (TPSA) is 30.0 Å². The van der Waals surface area contributed by atoms with Gasteiger partial charge in [-0.15, -0.1) is 0 Å². The van der Waals surface area contributed by atoms with Crippen LogP contribution in [0.4, 0.5) is 13.2 Å². The molecular formula is C12H6F3NO. The summed E-state index contributed by atoms with van der Waals surface area (Å²) in [7, 11) is 0.